The van der Waals surface area contributed by atoms with E-state index in [1.807, 2.05) is 10.3 Å². The van der Waals surface area contributed by atoms with Gasteiger partial charge in [0.1, 0.15) is 0 Å². The van der Waals surface area contributed by atoms with Crippen molar-refractivity contribution < 1.29 is 21.6 Å². The molecule has 1 fully saturated rings. The van der Waals surface area contributed by atoms with Gasteiger partial charge in [0.2, 0.25) is 0 Å². The molecule has 188 valence electrons. The first kappa shape index (κ1) is 26.0. The second kappa shape index (κ2) is 9.75. The average Bonchev–Trinajstić information content (AvgIpc) is 3.24. The maximum atomic E-state index is 13.1. The van der Waals surface area contributed by atoms with Crippen LogP contribution in [0.25, 0.3) is 0 Å². The lowest BCUT2D eigenvalue weighted by molar-refractivity contribution is -0.137. The summed E-state index contributed by atoms with van der Waals surface area (Å²) in [5, 5.41) is 1.87. The normalized spacial score (nSPS) is 15.6. The number of piperidine rings is 1. The molecule has 1 aliphatic heterocycles. The number of nitrogens with zero attached hydrogens (tertiary/aromatic N) is 2. The van der Waals surface area contributed by atoms with E-state index in [4.69, 9.17) is 16.6 Å². The van der Waals surface area contributed by atoms with E-state index >= 15 is 0 Å². The van der Waals surface area contributed by atoms with Crippen molar-refractivity contribution in [2.45, 2.75) is 56.4 Å². The van der Waals surface area contributed by atoms with E-state index in [-0.39, 0.29) is 5.02 Å². The van der Waals surface area contributed by atoms with Crippen molar-refractivity contribution in [2.75, 3.05) is 18.0 Å². The summed E-state index contributed by atoms with van der Waals surface area (Å²) in [5.41, 5.74) is 4.90. The monoisotopic (exact) mass is 542 g/mol. The van der Waals surface area contributed by atoms with Crippen LogP contribution in [0.5, 0.6) is 0 Å². The van der Waals surface area contributed by atoms with Gasteiger partial charge in [-0.3, -0.25) is 0 Å². The molecule has 10 heteroatoms. The van der Waals surface area contributed by atoms with Crippen LogP contribution in [0.15, 0.2) is 40.6 Å². The molecule has 0 spiro atoms. The van der Waals surface area contributed by atoms with Crippen molar-refractivity contribution in [1.82, 2.24) is 4.98 Å². The summed E-state index contributed by atoms with van der Waals surface area (Å²) in [5.74, 6) is 0. The number of sulfone groups is 1. The fourth-order valence-electron chi connectivity index (χ4n) is 4.63. The van der Waals surface area contributed by atoms with Gasteiger partial charge in [0.15, 0.2) is 15.0 Å². The third kappa shape index (κ3) is 5.52. The van der Waals surface area contributed by atoms with Gasteiger partial charge in [0.05, 0.1) is 26.4 Å². The first-order valence-corrected chi connectivity index (χ1v) is 14.0. The second-order valence-electron chi connectivity index (χ2n) is 9.05. The Kier molecular flexibility index (Phi) is 7.23. The molecule has 0 radical (unpaired) electrons. The number of thiazole rings is 1. The Hall–Kier alpha value is -2.10. The maximum Gasteiger partial charge on any atom is 0.416 e. The molecule has 1 saturated heterocycles. The van der Waals surface area contributed by atoms with Crippen LogP contribution in [0.3, 0.4) is 0 Å². The topological polar surface area (TPSA) is 50.3 Å². The summed E-state index contributed by atoms with van der Waals surface area (Å²) < 4.78 is 65.6. The summed E-state index contributed by atoms with van der Waals surface area (Å²) in [7, 11) is -4.01. The van der Waals surface area contributed by atoms with E-state index in [0.717, 1.165) is 29.4 Å². The minimum absolute atomic E-state index is 0.188. The minimum Gasteiger partial charge on any atom is -0.348 e. The standard InChI is InChI=1S/C25H26ClF3N2O2S2/c1-15-10-16(2)21(17(3)11-15)13-19-14-34-24(30-19)31-8-6-20(7-9-31)35(32,33)23-12-18(25(27,28)29)4-5-22(23)26/h4-5,10-12,14,20H,6-9,13H2,1-3H3. The number of aryl methyl sites for hydroxylation is 3. The molecule has 1 aliphatic rings. The number of hydrogen-bond acceptors (Lipinski definition) is 5. The smallest absolute Gasteiger partial charge is 0.348 e. The number of alkyl halides is 3. The first-order valence-electron chi connectivity index (χ1n) is 11.2. The molecule has 0 amide bonds. The molecule has 2 heterocycles. The van der Waals surface area contributed by atoms with Crippen LogP contribution in [-0.2, 0) is 22.4 Å². The number of anilines is 1. The first-order chi connectivity index (χ1) is 16.4. The van der Waals surface area contributed by atoms with Crippen molar-refractivity contribution in [3.05, 3.63) is 74.2 Å². The Morgan fingerprint density at radius 1 is 1.09 bits per heavy atom. The van der Waals surface area contributed by atoms with Gasteiger partial charge in [-0.1, -0.05) is 29.3 Å². The summed E-state index contributed by atoms with van der Waals surface area (Å²) in [6, 6.07) is 6.77. The third-order valence-electron chi connectivity index (χ3n) is 6.45. The van der Waals surface area contributed by atoms with Gasteiger partial charge >= 0.3 is 6.18 Å². The third-order valence-corrected chi connectivity index (χ3v) is 10.1. The second-order valence-corrected chi connectivity index (χ2v) is 12.5. The highest BCUT2D eigenvalue weighted by atomic mass is 35.5. The zero-order valence-corrected chi connectivity index (χ0v) is 22.0. The van der Waals surface area contributed by atoms with Crippen molar-refractivity contribution in [3.8, 4) is 0 Å². The van der Waals surface area contributed by atoms with Crippen LogP contribution in [0.2, 0.25) is 5.02 Å². The lowest BCUT2D eigenvalue weighted by Gasteiger charge is -2.31. The predicted octanol–water partition coefficient (Wildman–Crippen LogP) is 6.77. The maximum absolute atomic E-state index is 13.1. The van der Waals surface area contributed by atoms with Crippen LogP contribution < -0.4 is 4.90 Å². The lowest BCUT2D eigenvalue weighted by Crippen LogP contribution is -2.39. The Bertz CT molecular complexity index is 1320. The van der Waals surface area contributed by atoms with Crippen LogP contribution in [0.1, 0.15) is 46.4 Å². The number of aromatic nitrogens is 1. The number of hydrogen-bond donors (Lipinski definition) is 0. The van der Waals surface area contributed by atoms with Gasteiger partial charge in [-0.25, -0.2) is 13.4 Å². The molecule has 0 bridgehead atoms. The Morgan fingerprint density at radius 2 is 1.71 bits per heavy atom. The zero-order valence-electron chi connectivity index (χ0n) is 19.6. The Labute approximate surface area is 212 Å². The highest BCUT2D eigenvalue weighted by Gasteiger charge is 2.37. The molecular formula is C25H26ClF3N2O2S2. The Morgan fingerprint density at radius 3 is 2.31 bits per heavy atom. The molecule has 4 nitrogen and oxygen atoms in total. The largest absolute Gasteiger partial charge is 0.416 e. The fraction of sp³-hybridized carbons (Fsp3) is 0.400. The lowest BCUT2D eigenvalue weighted by atomic mass is 9.96. The molecular weight excluding hydrogens is 517 g/mol. The van der Waals surface area contributed by atoms with Gasteiger partial charge in [-0.05, 0) is 68.5 Å². The summed E-state index contributed by atoms with van der Waals surface area (Å²) in [6.45, 7) is 7.19. The molecule has 2 aromatic carbocycles. The Balaban J connectivity index is 1.46. The molecule has 0 saturated carbocycles. The highest BCUT2D eigenvalue weighted by molar-refractivity contribution is 7.92. The summed E-state index contributed by atoms with van der Waals surface area (Å²) in [6.07, 6.45) is -3.33. The minimum atomic E-state index is -4.64. The molecule has 1 aromatic heterocycles. The van der Waals surface area contributed by atoms with E-state index in [2.05, 4.69) is 32.9 Å². The average molecular weight is 543 g/mol. The summed E-state index contributed by atoms with van der Waals surface area (Å²) >= 11 is 7.53. The number of benzene rings is 2. The van der Waals surface area contributed by atoms with E-state index in [1.165, 1.54) is 33.6 Å². The number of halogens is 4. The predicted molar refractivity (Wildman–Crippen MR) is 134 cm³/mol. The molecule has 35 heavy (non-hydrogen) atoms. The van der Waals surface area contributed by atoms with E-state index in [0.29, 0.717) is 32.0 Å². The van der Waals surface area contributed by atoms with Crippen LogP contribution in [0, 0.1) is 20.8 Å². The molecule has 0 aliphatic carbocycles. The molecule has 3 aromatic rings. The van der Waals surface area contributed by atoms with Crippen molar-refractivity contribution >= 4 is 37.9 Å². The van der Waals surface area contributed by atoms with E-state index in [1.54, 1.807) is 0 Å². The molecule has 0 N–H and O–H groups in total. The van der Waals surface area contributed by atoms with E-state index < -0.39 is 31.7 Å². The molecule has 0 atom stereocenters. The highest BCUT2D eigenvalue weighted by Crippen LogP contribution is 2.36. The van der Waals surface area contributed by atoms with Gasteiger partial charge in [-0.15, -0.1) is 11.3 Å². The van der Waals surface area contributed by atoms with Crippen molar-refractivity contribution in [3.63, 3.8) is 0 Å². The molecule has 0 unspecified atom stereocenters. The van der Waals surface area contributed by atoms with Crippen LogP contribution in [-0.4, -0.2) is 31.7 Å². The van der Waals surface area contributed by atoms with Crippen LogP contribution in [0.4, 0.5) is 18.3 Å². The van der Waals surface area contributed by atoms with Crippen molar-refractivity contribution in [2.24, 2.45) is 0 Å². The van der Waals surface area contributed by atoms with Gasteiger partial charge < -0.3 is 4.90 Å². The van der Waals surface area contributed by atoms with E-state index in [9.17, 15) is 21.6 Å². The van der Waals surface area contributed by atoms with Gasteiger partial charge in [0.25, 0.3) is 0 Å². The molecule has 4 rings (SSSR count). The fourth-order valence-corrected chi connectivity index (χ4v) is 7.77. The number of rotatable bonds is 5. The van der Waals surface area contributed by atoms with Gasteiger partial charge in [-0.2, -0.15) is 13.2 Å². The van der Waals surface area contributed by atoms with Crippen LogP contribution >= 0.6 is 22.9 Å². The quantitative estimate of drug-likeness (QED) is 0.357. The van der Waals surface area contributed by atoms with Gasteiger partial charge in [0, 0.05) is 24.9 Å². The van der Waals surface area contributed by atoms with Crippen molar-refractivity contribution in [1.29, 1.82) is 0 Å². The SMILES string of the molecule is Cc1cc(C)c(Cc2csc(N3CCC(S(=O)(=O)c4cc(C(F)(F)F)ccc4Cl)CC3)n2)c(C)c1. The zero-order chi connectivity index (χ0) is 25.5. The summed E-state index contributed by atoms with van der Waals surface area (Å²) in [4.78, 5) is 6.37.